The summed E-state index contributed by atoms with van der Waals surface area (Å²) in [5.41, 5.74) is 1.81. The van der Waals surface area contributed by atoms with Crippen LogP contribution < -0.4 is 5.46 Å². The van der Waals surface area contributed by atoms with Crippen molar-refractivity contribution in [2.75, 3.05) is 0 Å². The van der Waals surface area contributed by atoms with Crippen LogP contribution in [0.5, 0.6) is 0 Å². The van der Waals surface area contributed by atoms with Crippen LogP contribution in [-0.4, -0.2) is 17.2 Å². The zero-order chi connectivity index (χ0) is 10.6. The van der Waals surface area contributed by atoms with E-state index < -0.39 is 7.12 Å². The molecule has 14 heavy (non-hydrogen) atoms. The maximum Gasteiger partial charge on any atom is 0.488 e. The maximum absolute atomic E-state index is 8.91. The Bertz CT molecular complexity index is 269. The molecule has 2 nitrogen and oxygen atoms in total. The quantitative estimate of drug-likeness (QED) is 0.705. The first kappa shape index (κ1) is 11.3. The van der Waals surface area contributed by atoms with Crippen LogP contribution >= 0.6 is 0 Å². The van der Waals surface area contributed by atoms with Crippen molar-refractivity contribution in [3.8, 4) is 0 Å². The van der Waals surface area contributed by atoms with E-state index in [1.54, 1.807) is 12.1 Å². The number of hydrogen-bond acceptors (Lipinski definition) is 2. The van der Waals surface area contributed by atoms with Gasteiger partial charge in [-0.1, -0.05) is 44.5 Å². The second kappa shape index (κ2) is 5.18. The summed E-state index contributed by atoms with van der Waals surface area (Å²) < 4.78 is 0. The van der Waals surface area contributed by atoms with Crippen LogP contribution in [0.25, 0.3) is 0 Å². The van der Waals surface area contributed by atoms with Crippen LogP contribution in [0.3, 0.4) is 0 Å². The first-order valence-electron chi connectivity index (χ1n) is 5.11. The van der Waals surface area contributed by atoms with Crippen LogP contribution in [0.4, 0.5) is 0 Å². The summed E-state index contributed by atoms with van der Waals surface area (Å²) in [6.45, 7) is 4.36. The smallest absolute Gasteiger partial charge is 0.423 e. The number of hydrogen-bond donors (Lipinski definition) is 2. The molecule has 0 saturated heterocycles. The normalized spacial score (nSPS) is 12.6. The molecule has 0 heterocycles. The van der Waals surface area contributed by atoms with Crippen molar-refractivity contribution >= 4 is 12.6 Å². The summed E-state index contributed by atoms with van der Waals surface area (Å²) in [6.07, 6.45) is 2.34. The van der Waals surface area contributed by atoms with Gasteiger partial charge in [0.05, 0.1) is 0 Å². The van der Waals surface area contributed by atoms with Crippen molar-refractivity contribution in [3.63, 3.8) is 0 Å². The van der Waals surface area contributed by atoms with Crippen LogP contribution in [0.2, 0.25) is 0 Å². The Morgan fingerprint density at radius 3 is 2.21 bits per heavy atom. The molecular weight excluding hydrogens is 175 g/mol. The van der Waals surface area contributed by atoms with Gasteiger partial charge in [-0.15, -0.1) is 0 Å². The molecule has 1 aromatic carbocycles. The van der Waals surface area contributed by atoms with E-state index in [1.807, 2.05) is 12.1 Å². The topological polar surface area (TPSA) is 40.5 Å². The van der Waals surface area contributed by atoms with Gasteiger partial charge in [0.1, 0.15) is 0 Å². The fourth-order valence-electron chi connectivity index (χ4n) is 1.60. The first-order chi connectivity index (χ1) is 6.65. The number of benzene rings is 1. The monoisotopic (exact) mass is 192 g/mol. The molecule has 1 rings (SSSR count). The van der Waals surface area contributed by atoms with E-state index in [-0.39, 0.29) is 0 Å². The van der Waals surface area contributed by atoms with Gasteiger partial charge >= 0.3 is 7.12 Å². The molecule has 0 aliphatic heterocycles. The summed E-state index contributed by atoms with van der Waals surface area (Å²) in [5.74, 6) is 0.546. The molecule has 0 aromatic heterocycles. The van der Waals surface area contributed by atoms with E-state index in [2.05, 4.69) is 13.8 Å². The Morgan fingerprint density at radius 2 is 1.79 bits per heavy atom. The van der Waals surface area contributed by atoms with Crippen LogP contribution in [0.15, 0.2) is 24.3 Å². The molecule has 0 spiro atoms. The average Bonchev–Trinajstić information content (AvgIpc) is 2.18. The maximum atomic E-state index is 8.91. The zero-order valence-electron chi connectivity index (χ0n) is 8.77. The lowest BCUT2D eigenvalue weighted by Crippen LogP contribution is -2.29. The minimum absolute atomic E-state index is 0.546. The third-order valence-corrected chi connectivity index (χ3v) is 2.53. The highest BCUT2D eigenvalue weighted by Crippen LogP contribution is 2.19. The molecule has 0 fully saturated rings. The molecule has 76 valence electrons. The summed E-state index contributed by atoms with van der Waals surface area (Å²) in [5, 5.41) is 17.8. The lowest BCUT2D eigenvalue weighted by Gasteiger charge is -2.10. The Balaban J connectivity index is 2.72. The van der Waals surface area contributed by atoms with Crippen molar-refractivity contribution in [3.05, 3.63) is 29.8 Å². The Hall–Kier alpha value is -0.795. The third kappa shape index (κ3) is 2.86. The minimum atomic E-state index is -1.36. The molecule has 1 aromatic rings. The van der Waals surface area contributed by atoms with Gasteiger partial charge in [0, 0.05) is 0 Å². The Labute approximate surface area is 85.7 Å². The standard InChI is InChI=1S/C11H17BO2/c1-3-4-9(2)10-5-7-11(8-6-10)12(13)14/h5-9,13-14H,3-4H2,1-2H3. The Morgan fingerprint density at radius 1 is 1.21 bits per heavy atom. The molecule has 0 radical (unpaired) electrons. The average molecular weight is 192 g/mol. The molecule has 0 bridgehead atoms. The largest absolute Gasteiger partial charge is 0.488 e. The van der Waals surface area contributed by atoms with E-state index in [0.717, 1.165) is 0 Å². The molecule has 0 aliphatic carbocycles. The van der Waals surface area contributed by atoms with Crippen molar-refractivity contribution in [2.24, 2.45) is 0 Å². The SMILES string of the molecule is CCCC(C)c1ccc(B(O)O)cc1. The van der Waals surface area contributed by atoms with Gasteiger partial charge < -0.3 is 10.0 Å². The van der Waals surface area contributed by atoms with Crippen molar-refractivity contribution in [1.82, 2.24) is 0 Å². The molecule has 3 heteroatoms. The number of rotatable bonds is 4. The van der Waals surface area contributed by atoms with Gasteiger partial charge in [0.2, 0.25) is 0 Å². The predicted octanol–water partition coefficient (Wildman–Crippen LogP) is 1.27. The second-order valence-corrected chi connectivity index (χ2v) is 3.73. The van der Waals surface area contributed by atoms with E-state index in [4.69, 9.17) is 10.0 Å². The highest BCUT2D eigenvalue weighted by molar-refractivity contribution is 6.58. The fourth-order valence-corrected chi connectivity index (χ4v) is 1.60. The molecule has 0 saturated carbocycles. The molecule has 2 N–H and O–H groups in total. The highest BCUT2D eigenvalue weighted by Gasteiger charge is 2.11. The second-order valence-electron chi connectivity index (χ2n) is 3.73. The van der Waals surface area contributed by atoms with Crippen LogP contribution in [0, 0.1) is 0 Å². The molecular formula is C11H17BO2. The van der Waals surface area contributed by atoms with Gasteiger partial charge in [-0.05, 0) is 23.4 Å². The lowest BCUT2D eigenvalue weighted by molar-refractivity contribution is 0.426. The van der Waals surface area contributed by atoms with E-state index in [9.17, 15) is 0 Å². The lowest BCUT2D eigenvalue weighted by atomic mass is 9.79. The molecule has 1 atom stereocenters. The summed E-state index contributed by atoms with van der Waals surface area (Å²) >= 11 is 0. The highest BCUT2D eigenvalue weighted by atomic mass is 16.4. The molecule has 1 unspecified atom stereocenters. The van der Waals surface area contributed by atoms with Gasteiger partial charge in [0.15, 0.2) is 0 Å². The predicted molar refractivity (Wildman–Crippen MR) is 59.6 cm³/mol. The van der Waals surface area contributed by atoms with E-state index in [0.29, 0.717) is 11.4 Å². The minimum Gasteiger partial charge on any atom is -0.423 e. The molecule has 0 amide bonds. The Kier molecular flexibility index (Phi) is 4.17. The van der Waals surface area contributed by atoms with Crippen molar-refractivity contribution in [1.29, 1.82) is 0 Å². The zero-order valence-corrected chi connectivity index (χ0v) is 8.77. The summed E-state index contributed by atoms with van der Waals surface area (Å²) in [4.78, 5) is 0. The fraction of sp³-hybridized carbons (Fsp3) is 0.455. The van der Waals surface area contributed by atoms with Crippen molar-refractivity contribution in [2.45, 2.75) is 32.6 Å². The van der Waals surface area contributed by atoms with Gasteiger partial charge in [-0.2, -0.15) is 0 Å². The van der Waals surface area contributed by atoms with Crippen molar-refractivity contribution < 1.29 is 10.0 Å². The van der Waals surface area contributed by atoms with Gasteiger partial charge in [-0.25, -0.2) is 0 Å². The van der Waals surface area contributed by atoms with Crippen LogP contribution in [-0.2, 0) is 0 Å². The van der Waals surface area contributed by atoms with E-state index in [1.165, 1.54) is 18.4 Å². The van der Waals surface area contributed by atoms with Gasteiger partial charge in [-0.3, -0.25) is 0 Å². The molecule has 0 aliphatic rings. The third-order valence-electron chi connectivity index (χ3n) is 2.53. The van der Waals surface area contributed by atoms with E-state index >= 15 is 0 Å². The summed E-state index contributed by atoms with van der Waals surface area (Å²) in [6, 6.07) is 7.47. The van der Waals surface area contributed by atoms with Gasteiger partial charge in [0.25, 0.3) is 0 Å². The summed E-state index contributed by atoms with van der Waals surface area (Å²) in [7, 11) is -1.36. The first-order valence-corrected chi connectivity index (χ1v) is 5.11. The van der Waals surface area contributed by atoms with Crippen LogP contribution in [0.1, 0.15) is 38.2 Å².